The molecule has 1 rings (SSSR count). The van der Waals surface area contributed by atoms with Crippen LogP contribution < -0.4 is 10.3 Å². The fraction of sp³-hybridized carbons (Fsp3) is 0. The van der Waals surface area contributed by atoms with Crippen molar-refractivity contribution in [3.05, 3.63) is 23.7 Å². The van der Waals surface area contributed by atoms with Crippen LogP contribution in [0, 0.1) is 0 Å². The van der Waals surface area contributed by atoms with E-state index in [-0.39, 0.29) is 0 Å². The highest BCUT2D eigenvalue weighted by atomic mass is 35.5. The first-order chi connectivity index (χ1) is 5.39. The molecule has 68 valence electrons. The molecular weight excluding hydrogens is 204 g/mol. The fourth-order valence-electron chi connectivity index (χ4n) is 0.281. The highest BCUT2D eigenvalue weighted by Gasteiger charge is 1.78. The molecule has 0 aromatic carbocycles. The first kappa shape index (κ1) is 11.2. The van der Waals surface area contributed by atoms with Crippen LogP contribution in [-0.4, -0.2) is 18.4 Å². The van der Waals surface area contributed by atoms with Crippen molar-refractivity contribution in [2.75, 3.05) is 0 Å². The zero-order valence-electron chi connectivity index (χ0n) is 5.88. The van der Waals surface area contributed by atoms with Gasteiger partial charge in [-0.2, -0.15) is 8.42 Å². The molecule has 1 aromatic heterocycles. The molecule has 1 heterocycles. The van der Waals surface area contributed by atoms with Crippen molar-refractivity contribution >= 4 is 21.8 Å². The normalized spacial score (nSPS) is 9.92. The quantitative estimate of drug-likeness (QED) is 0.588. The molecule has 0 aliphatic heterocycles. The first-order valence-electron chi connectivity index (χ1n) is 2.61. The number of hydrogen-bond donors (Lipinski definition) is 2. The zero-order chi connectivity index (χ0) is 9.61. The van der Waals surface area contributed by atoms with Crippen LogP contribution in [0.25, 0.3) is 0 Å². The van der Waals surface area contributed by atoms with E-state index >= 15 is 0 Å². The Morgan fingerprint density at radius 1 is 1.33 bits per heavy atom. The molecule has 0 radical (unpaired) electrons. The molecule has 0 bridgehead atoms. The van der Waals surface area contributed by atoms with Crippen LogP contribution in [0.3, 0.4) is 0 Å². The van der Waals surface area contributed by atoms with Crippen LogP contribution in [0.5, 0.6) is 0 Å². The van der Waals surface area contributed by atoms with E-state index in [0.29, 0.717) is 5.15 Å². The molecule has 0 saturated heterocycles. The van der Waals surface area contributed by atoms with Crippen LogP contribution in [-0.2, 0) is 10.2 Å². The van der Waals surface area contributed by atoms with Crippen molar-refractivity contribution in [1.29, 1.82) is 0 Å². The van der Waals surface area contributed by atoms with E-state index in [2.05, 4.69) is 20.2 Å². The zero-order valence-corrected chi connectivity index (χ0v) is 7.46. The number of nitrogens with two attached hydrogens (primary N) is 2. The molecule has 6 nitrogen and oxygen atoms in total. The summed E-state index contributed by atoms with van der Waals surface area (Å²) in [6.45, 7) is 0. The molecule has 4 N–H and O–H groups in total. The van der Waals surface area contributed by atoms with Crippen molar-refractivity contribution < 1.29 is 8.42 Å². The predicted octanol–water partition coefficient (Wildman–Crippen LogP) is -0.721. The number of nitrogens with zero attached hydrogens (tertiary/aromatic N) is 2. The maximum atomic E-state index is 9.19. The molecule has 1 aromatic rings. The maximum absolute atomic E-state index is 9.19. The number of halogens is 1. The Morgan fingerprint density at radius 2 is 1.83 bits per heavy atom. The van der Waals surface area contributed by atoms with Gasteiger partial charge in [-0.1, -0.05) is 11.6 Å². The van der Waals surface area contributed by atoms with E-state index in [0.717, 1.165) is 0 Å². The lowest BCUT2D eigenvalue weighted by molar-refractivity contribution is 0.599. The van der Waals surface area contributed by atoms with Gasteiger partial charge in [0.05, 0.1) is 6.20 Å². The fourth-order valence-corrected chi connectivity index (χ4v) is 0.394. The lowest BCUT2D eigenvalue weighted by atomic mass is 10.8. The molecule has 0 spiro atoms. The largest absolute Gasteiger partial charge is 0.271 e. The maximum Gasteiger partial charge on any atom is 0.271 e. The monoisotopic (exact) mass is 210 g/mol. The van der Waals surface area contributed by atoms with E-state index < -0.39 is 10.2 Å². The van der Waals surface area contributed by atoms with E-state index in [1.807, 2.05) is 0 Å². The molecular formula is C4H7ClN4O2S. The van der Waals surface area contributed by atoms with Gasteiger partial charge >= 0.3 is 0 Å². The van der Waals surface area contributed by atoms with Gasteiger partial charge in [-0.25, -0.2) is 15.3 Å². The predicted molar refractivity (Wildman–Crippen MR) is 44.3 cm³/mol. The van der Waals surface area contributed by atoms with Crippen molar-refractivity contribution in [2.45, 2.75) is 0 Å². The summed E-state index contributed by atoms with van der Waals surface area (Å²) in [5.74, 6) is 0. The lowest BCUT2D eigenvalue weighted by Crippen LogP contribution is -2.21. The summed E-state index contributed by atoms with van der Waals surface area (Å²) in [7, 11) is -3.67. The smallest absolute Gasteiger partial charge is 0.260 e. The minimum atomic E-state index is -3.67. The van der Waals surface area contributed by atoms with Gasteiger partial charge < -0.3 is 0 Å². The van der Waals surface area contributed by atoms with Gasteiger partial charge in [-0.15, -0.1) is 0 Å². The van der Waals surface area contributed by atoms with Gasteiger partial charge in [0, 0.05) is 12.4 Å². The molecule has 0 fully saturated rings. The van der Waals surface area contributed by atoms with Crippen molar-refractivity contribution in [1.82, 2.24) is 9.97 Å². The number of hydrogen-bond acceptors (Lipinski definition) is 4. The second kappa shape index (κ2) is 4.99. The standard InChI is InChI=1S/C4H3ClN2.H4N2O2S/c5-4-3-6-1-2-7-4;1-5(2,3)4/h1-3H;(H4,1,2,3,4). The number of aromatic nitrogens is 2. The molecule has 0 amide bonds. The Morgan fingerprint density at radius 3 is 2.00 bits per heavy atom. The SMILES string of the molecule is Clc1cnccn1.NS(N)(=O)=O. The Balaban J connectivity index is 0.000000217. The van der Waals surface area contributed by atoms with Crippen LogP contribution in [0.1, 0.15) is 0 Å². The van der Waals surface area contributed by atoms with Gasteiger partial charge in [-0.05, 0) is 0 Å². The van der Waals surface area contributed by atoms with Crippen molar-refractivity contribution in [3.8, 4) is 0 Å². The Bertz CT molecular complexity index is 305. The summed E-state index contributed by atoms with van der Waals surface area (Å²) < 4.78 is 18.4. The van der Waals surface area contributed by atoms with E-state index in [9.17, 15) is 8.42 Å². The first-order valence-corrected chi connectivity index (χ1v) is 4.60. The van der Waals surface area contributed by atoms with Crippen LogP contribution in [0.2, 0.25) is 5.15 Å². The average Bonchev–Trinajstić information content (AvgIpc) is 1.85. The molecule has 12 heavy (non-hydrogen) atoms. The van der Waals surface area contributed by atoms with Crippen molar-refractivity contribution in [3.63, 3.8) is 0 Å². The average molecular weight is 211 g/mol. The van der Waals surface area contributed by atoms with Gasteiger partial charge in [0.2, 0.25) is 0 Å². The van der Waals surface area contributed by atoms with Gasteiger partial charge in [0.25, 0.3) is 10.2 Å². The third-order valence-corrected chi connectivity index (χ3v) is 0.727. The lowest BCUT2D eigenvalue weighted by Gasteiger charge is -1.79. The molecule has 0 unspecified atom stereocenters. The van der Waals surface area contributed by atoms with E-state index in [1.54, 1.807) is 12.4 Å². The van der Waals surface area contributed by atoms with Crippen molar-refractivity contribution in [2.24, 2.45) is 10.3 Å². The third kappa shape index (κ3) is 12.0. The molecule has 0 atom stereocenters. The highest BCUT2D eigenvalue weighted by Crippen LogP contribution is 1.95. The second-order valence-electron chi connectivity index (χ2n) is 1.62. The topological polar surface area (TPSA) is 112 Å². The molecule has 0 aliphatic carbocycles. The molecule has 0 aliphatic rings. The van der Waals surface area contributed by atoms with E-state index in [4.69, 9.17) is 11.6 Å². The number of rotatable bonds is 0. The van der Waals surface area contributed by atoms with Crippen LogP contribution >= 0.6 is 11.6 Å². The van der Waals surface area contributed by atoms with Gasteiger partial charge in [-0.3, -0.25) is 4.98 Å². The minimum absolute atomic E-state index is 0.433. The molecule has 0 saturated carbocycles. The Hall–Kier alpha value is -0.760. The van der Waals surface area contributed by atoms with Crippen LogP contribution in [0.4, 0.5) is 0 Å². The summed E-state index contributed by atoms with van der Waals surface area (Å²) in [6, 6.07) is 0. The molecule has 8 heteroatoms. The van der Waals surface area contributed by atoms with E-state index in [1.165, 1.54) is 6.20 Å². The Labute approximate surface area is 74.8 Å². The summed E-state index contributed by atoms with van der Waals surface area (Å²) >= 11 is 5.37. The highest BCUT2D eigenvalue weighted by molar-refractivity contribution is 7.86. The summed E-state index contributed by atoms with van der Waals surface area (Å²) in [6.07, 6.45) is 4.61. The summed E-state index contributed by atoms with van der Waals surface area (Å²) in [5, 5.41) is 8.64. The summed E-state index contributed by atoms with van der Waals surface area (Å²) in [4.78, 5) is 7.37. The third-order valence-electron chi connectivity index (χ3n) is 0.532. The summed E-state index contributed by atoms with van der Waals surface area (Å²) in [5.41, 5.74) is 0. The second-order valence-corrected chi connectivity index (χ2v) is 3.18. The van der Waals surface area contributed by atoms with Crippen LogP contribution in [0.15, 0.2) is 18.6 Å². The Kier molecular flexibility index (Phi) is 4.67. The minimum Gasteiger partial charge on any atom is -0.260 e. The van der Waals surface area contributed by atoms with Gasteiger partial charge in [0.15, 0.2) is 0 Å². The van der Waals surface area contributed by atoms with Gasteiger partial charge in [0.1, 0.15) is 5.15 Å².